The second-order valence-electron chi connectivity index (χ2n) is 10.8. The van der Waals surface area contributed by atoms with E-state index in [0.29, 0.717) is 21.7 Å². The third-order valence-corrected chi connectivity index (χ3v) is 9.87. The maximum absolute atomic E-state index is 2.74. The van der Waals surface area contributed by atoms with Crippen LogP contribution < -0.4 is 0 Å². The van der Waals surface area contributed by atoms with Gasteiger partial charge in [0.25, 0.3) is 0 Å². The Balaban J connectivity index is 1.71. The first-order valence-corrected chi connectivity index (χ1v) is 9.60. The summed E-state index contributed by atoms with van der Waals surface area (Å²) in [6.45, 7) is 15.4. The highest BCUT2D eigenvalue weighted by atomic mass is 14.7. The van der Waals surface area contributed by atoms with E-state index in [4.69, 9.17) is 0 Å². The van der Waals surface area contributed by atoms with Crippen LogP contribution in [-0.4, -0.2) is 0 Å². The Bertz CT molecular complexity index is 643. The molecule has 4 saturated carbocycles. The summed E-state index contributed by atoms with van der Waals surface area (Å²) in [7, 11) is 0. The van der Waals surface area contributed by atoms with Crippen LogP contribution in [0, 0.1) is 39.4 Å². The fourth-order valence-corrected chi connectivity index (χ4v) is 7.70. The third-order valence-electron chi connectivity index (χ3n) is 9.87. The lowest BCUT2D eigenvalue weighted by Crippen LogP contribution is -2.52. The summed E-state index contributed by atoms with van der Waals surface area (Å²) in [5.41, 5.74) is 7.50. The summed E-state index contributed by atoms with van der Waals surface area (Å²) in [6, 6.07) is 0. The van der Waals surface area contributed by atoms with E-state index >= 15 is 0 Å². The van der Waals surface area contributed by atoms with E-state index in [0.717, 1.165) is 17.8 Å². The van der Waals surface area contributed by atoms with Gasteiger partial charge in [-0.3, -0.25) is 0 Å². The highest BCUT2D eigenvalue weighted by Crippen LogP contribution is 2.77. The normalized spacial score (nSPS) is 52.8. The minimum absolute atomic E-state index is 0.455. The zero-order valence-corrected chi connectivity index (χ0v) is 15.3. The average Bonchev–Trinajstić information content (AvgIpc) is 2.97. The maximum atomic E-state index is 2.74. The van der Waals surface area contributed by atoms with Crippen LogP contribution >= 0.6 is 0 Å². The largest absolute Gasteiger partial charge is 0.0591 e. The molecule has 22 heavy (non-hydrogen) atoms. The standard InChI is InChI=1S/C22H32/c1-19(2)12-13-7-9-21(19,5)15-11-16-18(17(13)15)14-8-10-22(16,6)20(14,3)4/h11,13-14,17H,7-10,12H2,1-6H3/t13-,14+,17+,21-,22+/m1/s1. The molecule has 0 aliphatic heterocycles. The highest BCUT2D eigenvalue weighted by Gasteiger charge is 2.67. The summed E-state index contributed by atoms with van der Waals surface area (Å²) >= 11 is 0. The SMILES string of the molecule is CC1(C)[C@H]2CC[C@@]1(C)C1=C2[C@@H]2C(=C1)[C@@]1(C)CC[C@@H]2CC1(C)C. The summed E-state index contributed by atoms with van der Waals surface area (Å²) in [6.07, 6.45) is 9.97. The van der Waals surface area contributed by atoms with E-state index in [1.54, 1.807) is 0 Å². The quantitative estimate of drug-likeness (QED) is 0.503. The van der Waals surface area contributed by atoms with Crippen LogP contribution in [0.4, 0.5) is 0 Å². The second-order valence-corrected chi connectivity index (χ2v) is 10.8. The van der Waals surface area contributed by atoms with Gasteiger partial charge in [-0.1, -0.05) is 58.8 Å². The first-order chi connectivity index (χ1) is 10.1. The molecule has 0 nitrogen and oxygen atoms in total. The average molecular weight is 296 g/mol. The molecule has 0 aromatic carbocycles. The van der Waals surface area contributed by atoms with Gasteiger partial charge in [0.1, 0.15) is 0 Å². The molecule has 0 spiro atoms. The molecule has 0 N–H and O–H groups in total. The smallest absolute Gasteiger partial charge is 0.00534 e. The van der Waals surface area contributed by atoms with Crippen molar-refractivity contribution in [2.75, 3.05) is 0 Å². The molecule has 0 amide bonds. The molecule has 6 rings (SSSR count). The van der Waals surface area contributed by atoms with Gasteiger partial charge in [0.15, 0.2) is 0 Å². The summed E-state index contributed by atoms with van der Waals surface area (Å²) in [5.74, 6) is 2.65. The van der Waals surface area contributed by atoms with E-state index in [1.165, 1.54) is 32.1 Å². The molecule has 5 atom stereocenters. The van der Waals surface area contributed by atoms with Gasteiger partial charge in [0.05, 0.1) is 0 Å². The van der Waals surface area contributed by atoms with Crippen molar-refractivity contribution in [2.24, 2.45) is 39.4 Å². The monoisotopic (exact) mass is 296 g/mol. The van der Waals surface area contributed by atoms with Crippen LogP contribution in [-0.2, 0) is 0 Å². The molecule has 0 unspecified atom stereocenters. The first-order valence-electron chi connectivity index (χ1n) is 9.60. The van der Waals surface area contributed by atoms with E-state index < -0.39 is 0 Å². The van der Waals surface area contributed by atoms with E-state index in [2.05, 4.69) is 47.6 Å². The number of fused-ring (bicyclic) bond motifs is 6. The molecular formula is C22H32. The van der Waals surface area contributed by atoms with Crippen molar-refractivity contribution in [1.82, 2.24) is 0 Å². The van der Waals surface area contributed by atoms with Crippen molar-refractivity contribution in [3.63, 3.8) is 0 Å². The van der Waals surface area contributed by atoms with Gasteiger partial charge in [-0.05, 0) is 71.2 Å². The summed E-state index contributed by atoms with van der Waals surface area (Å²) in [4.78, 5) is 0. The van der Waals surface area contributed by atoms with Crippen molar-refractivity contribution in [3.8, 4) is 0 Å². The zero-order chi connectivity index (χ0) is 15.7. The Morgan fingerprint density at radius 2 is 1.59 bits per heavy atom. The zero-order valence-electron chi connectivity index (χ0n) is 15.3. The maximum Gasteiger partial charge on any atom is 0.00534 e. The molecule has 0 saturated heterocycles. The minimum Gasteiger partial charge on any atom is -0.0591 e. The molecule has 0 aromatic heterocycles. The molecule has 0 radical (unpaired) electrons. The molecule has 120 valence electrons. The molecule has 0 heteroatoms. The molecule has 0 aromatic rings. The van der Waals surface area contributed by atoms with Gasteiger partial charge in [0.2, 0.25) is 0 Å². The van der Waals surface area contributed by atoms with Crippen LogP contribution in [0.1, 0.15) is 73.6 Å². The fourth-order valence-electron chi connectivity index (χ4n) is 7.70. The fraction of sp³-hybridized carbons (Fsp3) is 0.818. The Kier molecular flexibility index (Phi) is 2.17. The number of rotatable bonds is 0. The predicted molar refractivity (Wildman–Crippen MR) is 92.4 cm³/mol. The van der Waals surface area contributed by atoms with E-state index in [9.17, 15) is 0 Å². The Labute approximate surface area is 136 Å². The molecular weight excluding hydrogens is 264 g/mol. The Morgan fingerprint density at radius 1 is 0.909 bits per heavy atom. The second kappa shape index (κ2) is 3.45. The molecule has 4 bridgehead atoms. The summed E-state index contributed by atoms with van der Waals surface area (Å²) < 4.78 is 0. The van der Waals surface area contributed by atoms with Gasteiger partial charge >= 0.3 is 0 Å². The third kappa shape index (κ3) is 1.14. The lowest BCUT2D eigenvalue weighted by Gasteiger charge is -2.61. The molecule has 4 fully saturated rings. The van der Waals surface area contributed by atoms with E-state index in [1.807, 2.05) is 16.7 Å². The van der Waals surface area contributed by atoms with Crippen LogP contribution in [0.3, 0.4) is 0 Å². The number of hydrogen-bond donors (Lipinski definition) is 0. The van der Waals surface area contributed by atoms with Crippen LogP contribution in [0.25, 0.3) is 0 Å². The van der Waals surface area contributed by atoms with Gasteiger partial charge in [-0.15, -0.1) is 0 Å². The topological polar surface area (TPSA) is 0 Å². The van der Waals surface area contributed by atoms with Crippen LogP contribution in [0.15, 0.2) is 22.8 Å². The van der Waals surface area contributed by atoms with Gasteiger partial charge in [-0.25, -0.2) is 0 Å². The number of allylic oxidation sites excluding steroid dienone is 4. The highest BCUT2D eigenvalue weighted by molar-refractivity contribution is 5.57. The lowest BCUT2D eigenvalue weighted by atomic mass is 9.44. The van der Waals surface area contributed by atoms with Crippen molar-refractivity contribution in [3.05, 3.63) is 22.8 Å². The molecule has 0 heterocycles. The molecule has 6 aliphatic carbocycles. The lowest BCUT2D eigenvalue weighted by molar-refractivity contribution is -0.0263. The first kappa shape index (κ1) is 13.9. The Morgan fingerprint density at radius 3 is 2.27 bits per heavy atom. The van der Waals surface area contributed by atoms with Crippen molar-refractivity contribution < 1.29 is 0 Å². The minimum atomic E-state index is 0.455. The predicted octanol–water partition coefficient (Wildman–Crippen LogP) is 6.14. The van der Waals surface area contributed by atoms with Crippen molar-refractivity contribution in [2.45, 2.75) is 73.6 Å². The van der Waals surface area contributed by atoms with Gasteiger partial charge < -0.3 is 0 Å². The van der Waals surface area contributed by atoms with Crippen LogP contribution in [0.5, 0.6) is 0 Å². The van der Waals surface area contributed by atoms with Crippen molar-refractivity contribution in [1.29, 1.82) is 0 Å². The van der Waals surface area contributed by atoms with Gasteiger partial charge in [0, 0.05) is 5.92 Å². The Hall–Kier alpha value is -0.520. The number of hydrogen-bond acceptors (Lipinski definition) is 0. The molecule has 6 aliphatic rings. The van der Waals surface area contributed by atoms with Gasteiger partial charge in [-0.2, -0.15) is 0 Å². The van der Waals surface area contributed by atoms with Crippen molar-refractivity contribution >= 4 is 0 Å². The van der Waals surface area contributed by atoms with Crippen LogP contribution in [0.2, 0.25) is 0 Å². The van der Waals surface area contributed by atoms with E-state index in [-0.39, 0.29) is 0 Å². The summed E-state index contributed by atoms with van der Waals surface area (Å²) in [5, 5.41) is 0.